The zero-order valence-corrected chi connectivity index (χ0v) is 17.7. The molecule has 0 spiro atoms. The first-order valence-corrected chi connectivity index (χ1v) is 10.9. The average Bonchev–Trinajstić information content (AvgIpc) is 2.80. The molecule has 1 amide bonds. The number of fused-ring (bicyclic) bond motifs is 1. The minimum Gasteiger partial charge on any atom is -0.489 e. The van der Waals surface area contributed by atoms with Gasteiger partial charge in [0.2, 0.25) is 5.91 Å². The van der Waals surface area contributed by atoms with Gasteiger partial charge in [-0.2, -0.15) is 5.26 Å². The number of benzene rings is 1. The summed E-state index contributed by atoms with van der Waals surface area (Å²) >= 11 is 0. The van der Waals surface area contributed by atoms with Crippen LogP contribution in [0.25, 0.3) is 5.57 Å². The van der Waals surface area contributed by atoms with Gasteiger partial charge in [0.1, 0.15) is 18.1 Å². The molecule has 0 bridgehead atoms. The molecule has 7 nitrogen and oxygen atoms in total. The second kappa shape index (κ2) is 8.60. The number of carbonyl (C=O) groups is 1. The van der Waals surface area contributed by atoms with Crippen molar-refractivity contribution in [2.45, 2.75) is 13.0 Å². The van der Waals surface area contributed by atoms with Crippen LogP contribution in [0.15, 0.2) is 42.7 Å². The number of nitrogens with zero attached hydrogens (tertiary/aromatic N) is 5. The highest BCUT2D eigenvalue weighted by atomic mass is 19.1. The second-order valence-electron chi connectivity index (χ2n) is 8.42. The predicted octanol–water partition coefficient (Wildman–Crippen LogP) is 2.65. The normalized spacial score (nSPS) is 18.8. The molecule has 0 aliphatic carbocycles. The number of aromatic nitrogens is 1. The van der Waals surface area contributed by atoms with Gasteiger partial charge in [0.05, 0.1) is 18.7 Å². The molecule has 32 heavy (non-hydrogen) atoms. The van der Waals surface area contributed by atoms with Crippen LogP contribution in [0, 0.1) is 23.2 Å². The van der Waals surface area contributed by atoms with E-state index in [1.54, 1.807) is 28.3 Å². The highest BCUT2D eigenvalue weighted by Gasteiger charge is 2.38. The maximum Gasteiger partial charge on any atom is 0.232 e. The van der Waals surface area contributed by atoms with E-state index in [0.717, 1.165) is 23.1 Å². The zero-order valence-electron chi connectivity index (χ0n) is 17.7. The molecule has 3 aliphatic rings. The maximum absolute atomic E-state index is 13.4. The van der Waals surface area contributed by atoms with Crippen LogP contribution < -0.4 is 9.64 Å². The molecular weight excluding hydrogens is 409 g/mol. The van der Waals surface area contributed by atoms with Crippen molar-refractivity contribution in [3.05, 3.63) is 59.7 Å². The number of rotatable bonds is 4. The van der Waals surface area contributed by atoms with Crippen LogP contribution in [0.3, 0.4) is 0 Å². The van der Waals surface area contributed by atoms with E-state index in [1.807, 2.05) is 12.1 Å². The largest absolute Gasteiger partial charge is 0.489 e. The summed E-state index contributed by atoms with van der Waals surface area (Å²) in [5.41, 5.74) is 3.63. The van der Waals surface area contributed by atoms with Crippen molar-refractivity contribution in [3.8, 4) is 11.9 Å². The minimum absolute atomic E-state index is 0.0808. The van der Waals surface area contributed by atoms with Gasteiger partial charge < -0.3 is 14.5 Å². The van der Waals surface area contributed by atoms with Gasteiger partial charge in [0.15, 0.2) is 11.9 Å². The summed E-state index contributed by atoms with van der Waals surface area (Å²) in [6.45, 7) is 4.13. The van der Waals surface area contributed by atoms with Crippen LogP contribution in [0.5, 0.6) is 5.75 Å². The fourth-order valence-corrected chi connectivity index (χ4v) is 4.57. The van der Waals surface area contributed by atoms with Crippen LogP contribution in [0.2, 0.25) is 0 Å². The molecule has 3 aliphatic heterocycles. The minimum atomic E-state index is -0.239. The van der Waals surface area contributed by atoms with Gasteiger partial charge >= 0.3 is 0 Å². The number of likely N-dealkylation sites (tertiary alicyclic amines) is 1. The summed E-state index contributed by atoms with van der Waals surface area (Å²) < 4.78 is 19.4. The molecule has 0 N–H and O–H groups in total. The number of pyridine rings is 1. The summed E-state index contributed by atoms with van der Waals surface area (Å²) in [5, 5.41) is 9.08. The Morgan fingerprint density at radius 1 is 1.28 bits per heavy atom. The molecule has 1 aromatic carbocycles. The van der Waals surface area contributed by atoms with Crippen molar-refractivity contribution >= 4 is 17.2 Å². The highest BCUT2D eigenvalue weighted by molar-refractivity contribution is 5.98. The number of nitriles is 1. The van der Waals surface area contributed by atoms with Crippen LogP contribution in [-0.2, 0) is 11.3 Å². The van der Waals surface area contributed by atoms with Crippen molar-refractivity contribution in [2.75, 3.05) is 44.2 Å². The molecule has 0 radical (unpaired) electrons. The molecule has 0 unspecified atom stereocenters. The Hall–Kier alpha value is -3.44. The molecule has 8 heteroatoms. The fourth-order valence-electron chi connectivity index (χ4n) is 4.57. The van der Waals surface area contributed by atoms with Gasteiger partial charge in [-0.1, -0.05) is 18.2 Å². The Balaban J connectivity index is 1.28. The quantitative estimate of drug-likeness (QED) is 0.691. The number of halogens is 1. The third-order valence-corrected chi connectivity index (χ3v) is 6.29. The van der Waals surface area contributed by atoms with Crippen molar-refractivity contribution < 1.29 is 13.9 Å². The number of carbonyl (C=O) groups excluding carboxylic acids is 1. The predicted molar refractivity (Wildman–Crippen MR) is 117 cm³/mol. The van der Waals surface area contributed by atoms with E-state index < -0.39 is 0 Å². The first-order chi connectivity index (χ1) is 15.6. The lowest BCUT2D eigenvalue weighted by atomic mass is 9.96. The van der Waals surface area contributed by atoms with Gasteiger partial charge in [-0.3, -0.25) is 14.7 Å². The molecule has 1 saturated heterocycles. The van der Waals surface area contributed by atoms with Gasteiger partial charge in [0.25, 0.3) is 0 Å². The molecule has 1 fully saturated rings. The van der Waals surface area contributed by atoms with Gasteiger partial charge in [-0.25, -0.2) is 4.39 Å². The molecule has 0 saturated carbocycles. The topological polar surface area (TPSA) is 72.7 Å². The molecule has 2 aromatic rings. The maximum atomic E-state index is 13.4. The molecule has 4 heterocycles. The number of amides is 1. The van der Waals surface area contributed by atoms with Crippen molar-refractivity contribution in [1.29, 1.82) is 5.26 Å². The highest BCUT2D eigenvalue weighted by Crippen LogP contribution is 2.40. The third kappa shape index (κ3) is 3.92. The smallest absolute Gasteiger partial charge is 0.232 e. The van der Waals surface area contributed by atoms with E-state index >= 15 is 0 Å². The summed E-state index contributed by atoms with van der Waals surface area (Å²) in [6.07, 6.45) is 8.42. The van der Waals surface area contributed by atoms with E-state index in [4.69, 9.17) is 10.00 Å². The number of hydrogen-bond acceptors (Lipinski definition) is 6. The summed E-state index contributed by atoms with van der Waals surface area (Å²) in [5.74, 6) is 0.456. The third-order valence-electron chi connectivity index (χ3n) is 6.29. The fraction of sp³-hybridized carbons (Fsp3) is 0.375. The Labute approximate surface area is 186 Å². The first-order valence-electron chi connectivity index (χ1n) is 10.9. The lowest BCUT2D eigenvalue weighted by Crippen LogP contribution is -2.55. The lowest BCUT2D eigenvalue weighted by Gasteiger charge is -2.41. The number of ether oxygens (including phenoxy) is 1. The zero-order chi connectivity index (χ0) is 22.1. The van der Waals surface area contributed by atoms with E-state index in [1.165, 1.54) is 12.1 Å². The van der Waals surface area contributed by atoms with Gasteiger partial charge in [-0.15, -0.1) is 0 Å². The van der Waals surface area contributed by atoms with Crippen molar-refractivity contribution in [1.82, 2.24) is 14.8 Å². The van der Waals surface area contributed by atoms with Crippen LogP contribution in [-0.4, -0.2) is 60.0 Å². The first kappa shape index (κ1) is 20.5. The van der Waals surface area contributed by atoms with Crippen LogP contribution >= 0.6 is 0 Å². The van der Waals surface area contributed by atoms with Gasteiger partial charge in [0, 0.05) is 44.5 Å². The molecular formula is C24H24FN5O2. The molecule has 164 valence electrons. The average molecular weight is 433 g/mol. The summed E-state index contributed by atoms with van der Waals surface area (Å²) in [7, 11) is 0. The van der Waals surface area contributed by atoms with E-state index in [-0.39, 0.29) is 17.6 Å². The lowest BCUT2D eigenvalue weighted by molar-refractivity contribution is -0.128. The Morgan fingerprint density at radius 3 is 2.91 bits per heavy atom. The summed E-state index contributed by atoms with van der Waals surface area (Å²) in [4.78, 5) is 23.3. The summed E-state index contributed by atoms with van der Waals surface area (Å²) in [6, 6.07) is 6.59. The van der Waals surface area contributed by atoms with Crippen LogP contribution in [0.4, 0.5) is 10.1 Å². The molecule has 1 aromatic heterocycles. The number of hydrogen-bond donors (Lipinski definition) is 0. The second-order valence-corrected chi connectivity index (χ2v) is 8.42. The molecule has 0 atom stereocenters. The molecule has 5 rings (SSSR count). The van der Waals surface area contributed by atoms with Gasteiger partial charge in [-0.05, 0) is 29.7 Å². The number of anilines is 1. The van der Waals surface area contributed by atoms with Crippen molar-refractivity contribution in [2.24, 2.45) is 5.92 Å². The Bertz CT molecular complexity index is 1110. The van der Waals surface area contributed by atoms with E-state index in [9.17, 15) is 9.18 Å². The monoisotopic (exact) mass is 433 g/mol. The van der Waals surface area contributed by atoms with Crippen LogP contribution in [0.1, 0.15) is 17.5 Å². The SMILES string of the molecule is N#CN1CC=C(c2cncc3c2OCCN3C(=O)C2CN(Cc3cccc(F)c3)C2)CC1. The van der Waals surface area contributed by atoms with Crippen molar-refractivity contribution in [3.63, 3.8) is 0 Å². The Kier molecular flexibility index (Phi) is 5.50. The van der Waals surface area contributed by atoms with E-state index in [2.05, 4.69) is 16.1 Å². The Morgan fingerprint density at radius 2 is 2.16 bits per heavy atom. The van der Waals surface area contributed by atoms with E-state index in [0.29, 0.717) is 57.3 Å². The standard InChI is InChI=1S/C24H24FN5O2/c25-20-3-1-2-17(10-20)13-29-14-19(15-29)24(31)30-8-9-32-23-21(11-27-12-22(23)30)18-4-6-28(16-26)7-5-18/h1-4,10-12,19H,5-9,13-15H2.